The lowest BCUT2D eigenvalue weighted by Crippen LogP contribution is -1.97. The number of fused-ring (bicyclic) bond motifs is 1. The highest BCUT2D eigenvalue weighted by Crippen LogP contribution is 2.32. The van der Waals surface area contributed by atoms with Crippen molar-refractivity contribution in [1.29, 1.82) is 0 Å². The van der Waals surface area contributed by atoms with Gasteiger partial charge in [0.2, 0.25) is 5.28 Å². The molecule has 0 aliphatic heterocycles. The van der Waals surface area contributed by atoms with E-state index in [2.05, 4.69) is 50.3 Å². The number of thiophene rings is 1. The molecule has 0 aliphatic rings. The maximum Gasteiger partial charge on any atom is 0.225 e. The molecule has 102 valence electrons. The van der Waals surface area contributed by atoms with Crippen LogP contribution in [0.5, 0.6) is 0 Å². The molecule has 0 aliphatic carbocycles. The Kier molecular flexibility index (Phi) is 3.67. The molecule has 20 heavy (non-hydrogen) atoms. The first kappa shape index (κ1) is 13.8. The minimum atomic E-state index is 0.261. The van der Waals surface area contributed by atoms with Crippen LogP contribution in [0.2, 0.25) is 5.28 Å². The standard InChI is InChI=1S/C14H11BrClN3S/c1-7-5-9(15)3-4-11(7)17-12-10-6-8(2)20-13(10)19-14(16)18-12/h3-6H,1-2H3,(H,17,18,19). The average Bonchev–Trinajstić information content (AvgIpc) is 2.73. The summed E-state index contributed by atoms with van der Waals surface area (Å²) in [5, 5.41) is 4.61. The van der Waals surface area contributed by atoms with E-state index in [0.717, 1.165) is 31.8 Å². The van der Waals surface area contributed by atoms with Crippen molar-refractivity contribution in [2.75, 3.05) is 5.32 Å². The number of hydrogen-bond donors (Lipinski definition) is 1. The lowest BCUT2D eigenvalue weighted by molar-refractivity contribution is 1.22. The highest BCUT2D eigenvalue weighted by molar-refractivity contribution is 9.10. The Balaban J connectivity index is 2.10. The van der Waals surface area contributed by atoms with E-state index in [9.17, 15) is 0 Å². The minimum absolute atomic E-state index is 0.261. The van der Waals surface area contributed by atoms with Crippen molar-refractivity contribution in [3.8, 4) is 0 Å². The van der Waals surface area contributed by atoms with Crippen LogP contribution in [0.1, 0.15) is 10.4 Å². The summed E-state index contributed by atoms with van der Waals surface area (Å²) < 4.78 is 1.05. The number of halogens is 2. The average molecular weight is 369 g/mol. The second-order valence-electron chi connectivity index (χ2n) is 4.50. The van der Waals surface area contributed by atoms with Crippen molar-refractivity contribution in [2.24, 2.45) is 0 Å². The van der Waals surface area contributed by atoms with Crippen molar-refractivity contribution >= 4 is 60.6 Å². The Bertz CT molecular complexity index is 800. The largest absolute Gasteiger partial charge is 0.339 e. The Labute approximate surface area is 134 Å². The van der Waals surface area contributed by atoms with Crippen molar-refractivity contribution in [3.63, 3.8) is 0 Å². The van der Waals surface area contributed by atoms with Gasteiger partial charge in [-0.15, -0.1) is 11.3 Å². The van der Waals surface area contributed by atoms with E-state index in [0.29, 0.717) is 0 Å². The topological polar surface area (TPSA) is 37.8 Å². The third kappa shape index (κ3) is 2.66. The molecule has 0 fully saturated rings. The molecule has 0 amide bonds. The van der Waals surface area contributed by atoms with Crippen molar-refractivity contribution < 1.29 is 0 Å². The summed E-state index contributed by atoms with van der Waals surface area (Å²) in [5.74, 6) is 0.745. The number of anilines is 2. The van der Waals surface area contributed by atoms with Gasteiger partial charge in [0.05, 0.1) is 5.39 Å². The number of benzene rings is 1. The molecule has 3 nitrogen and oxygen atoms in total. The monoisotopic (exact) mass is 367 g/mol. The molecule has 3 aromatic rings. The second-order valence-corrected chi connectivity index (χ2v) is 6.99. The van der Waals surface area contributed by atoms with Gasteiger partial charge in [-0.25, -0.2) is 4.98 Å². The van der Waals surface area contributed by atoms with Crippen LogP contribution in [0.25, 0.3) is 10.2 Å². The molecule has 2 heterocycles. The van der Waals surface area contributed by atoms with Crippen molar-refractivity contribution in [3.05, 3.63) is 44.5 Å². The summed E-state index contributed by atoms with van der Waals surface area (Å²) in [6, 6.07) is 8.14. The van der Waals surface area contributed by atoms with Crippen LogP contribution in [0.4, 0.5) is 11.5 Å². The summed E-state index contributed by atoms with van der Waals surface area (Å²) in [4.78, 5) is 10.7. The number of hydrogen-bond acceptors (Lipinski definition) is 4. The molecule has 3 rings (SSSR count). The summed E-state index contributed by atoms with van der Waals surface area (Å²) in [5.41, 5.74) is 2.14. The molecule has 1 N–H and O–H groups in total. The Hall–Kier alpha value is -1.17. The Morgan fingerprint density at radius 3 is 2.75 bits per heavy atom. The van der Waals surface area contributed by atoms with Gasteiger partial charge in [0.15, 0.2) is 0 Å². The van der Waals surface area contributed by atoms with Crippen molar-refractivity contribution in [1.82, 2.24) is 9.97 Å². The minimum Gasteiger partial charge on any atom is -0.339 e. The number of nitrogens with zero attached hydrogens (tertiary/aromatic N) is 2. The third-order valence-corrected chi connectivity index (χ3v) is 4.54. The van der Waals surface area contributed by atoms with Gasteiger partial charge in [0, 0.05) is 15.0 Å². The fraction of sp³-hybridized carbons (Fsp3) is 0.143. The molecule has 2 aromatic heterocycles. The van der Waals surface area contributed by atoms with Gasteiger partial charge in [-0.3, -0.25) is 0 Å². The summed E-state index contributed by atoms with van der Waals surface area (Å²) in [6.45, 7) is 4.10. The van der Waals surface area contributed by atoms with Crippen LogP contribution in [0, 0.1) is 13.8 Å². The smallest absolute Gasteiger partial charge is 0.225 e. The van der Waals surface area contributed by atoms with E-state index in [1.54, 1.807) is 11.3 Å². The molecule has 1 aromatic carbocycles. The van der Waals surface area contributed by atoms with Crippen LogP contribution < -0.4 is 5.32 Å². The predicted octanol–water partition coefficient (Wildman–Crippen LogP) is 5.47. The normalized spacial score (nSPS) is 11.0. The molecule has 0 radical (unpaired) electrons. The first-order valence-electron chi connectivity index (χ1n) is 6.00. The van der Waals surface area contributed by atoms with Crippen LogP contribution in [-0.4, -0.2) is 9.97 Å². The third-order valence-electron chi connectivity index (χ3n) is 2.93. The van der Waals surface area contributed by atoms with E-state index in [-0.39, 0.29) is 5.28 Å². The highest BCUT2D eigenvalue weighted by atomic mass is 79.9. The molecule has 0 bridgehead atoms. The quantitative estimate of drug-likeness (QED) is 0.610. The number of aryl methyl sites for hydroxylation is 2. The summed E-state index contributed by atoms with van der Waals surface area (Å²) >= 11 is 11.1. The van der Waals surface area contributed by atoms with E-state index in [4.69, 9.17) is 11.6 Å². The van der Waals surface area contributed by atoms with E-state index >= 15 is 0 Å². The van der Waals surface area contributed by atoms with Crippen molar-refractivity contribution in [2.45, 2.75) is 13.8 Å². The zero-order valence-electron chi connectivity index (χ0n) is 10.9. The van der Waals surface area contributed by atoms with Crippen LogP contribution in [0.3, 0.4) is 0 Å². The molecule has 0 unspecified atom stereocenters. The van der Waals surface area contributed by atoms with E-state index < -0.39 is 0 Å². The zero-order chi connectivity index (χ0) is 14.3. The Morgan fingerprint density at radius 2 is 2.00 bits per heavy atom. The lowest BCUT2D eigenvalue weighted by atomic mass is 10.2. The van der Waals surface area contributed by atoms with Gasteiger partial charge in [0.25, 0.3) is 0 Å². The molecular weight excluding hydrogens is 358 g/mol. The van der Waals surface area contributed by atoms with Gasteiger partial charge in [-0.2, -0.15) is 4.98 Å². The van der Waals surface area contributed by atoms with E-state index in [1.165, 1.54) is 4.88 Å². The number of rotatable bonds is 2. The van der Waals surface area contributed by atoms with Gasteiger partial charge in [-0.1, -0.05) is 15.9 Å². The zero-order valence-corrected chi connectivity index (χ0v) is 14.0. The van der Waals surface area contributed by atoms with Crippen LogP contribution in [0.15, 0.2) is 28.7 Å². The van der Waals surface area contributed by atoms with Gasteiger partial charge in [0.1, 0.15) is 10.6 Å². The molecule has 0 atom stereocenters. The SMILES string of the molecule is Cc1cc2c(Nc3ccc(Br)cc3C)nc(Cl)nc2s1. The molecule has 6 heteroatoms. The predicted molar refractivity (Wildman–Crippen MR) is 89.3 cm³/mol. The molecule has 0 saturated heterocycles. The lowest BCUT2D eigenvalue weighted by Gasteiger charge is -2.10. The maximum atomic E-state index is 6.00. The fourth-order valence-corrected chi connectivity index (χ4v) is 3.58. The summed E-state index contributed by atoms with van der Waals surface area (Å²) in [6.07, 6.45) is 0. The highest BCUT2D eigenvalue weighted by Gasteiger charge is 2.10. The van der Waals surface area contributed by atoms with Gasteiger partial charge in [-0.05, 0) is 55.3 Å². The summed E-state index contributed by atoms with van der Waals surface area (Å²) in [7, 11) is 0. The fourth-order valence-electron chi connectivity index (χ4n) is 2.01. The first-order chi connectivity index (χ1) is 9.52. The molecular formula is C14H11BrClN3S. The maximum absolute atomic E-state index is 6.00. The van der Waals surface area contributed by atoms with Gasteiger partial charge >= 0.3 is 0 Å². The van der Waals surface area contributed by atoms with Gasteiger partial charge < -0.3 is 5.32 Å². The second kappa shape index (κ2) is 5.31. The Morgan fingerprint density at radius 1 is 1.20 bits per heavy atom. The van der Waals surface area contributed by atoms with E-state index in [1.807, 2.05) is 19.1 Å². The molecule has 0 spiro atoms. The number of nitrogens with one attached hydrogen (secondary N) is 1. The molecule has 0 saturated carbocycles. The van der Waals surface area contributed by atoms with Crippen LogP contribution >= 0.6 is 38.9 Å². The van der Waals surface area contributed by atoms with Crippen LogP contribution in [-0.2, 0) is 0 Å². The number of aromatic nitrogens is 2. The first-order valence-corrected chi connectivity index (χ1v) is 7.98.